The second-order valence-electron chi connectivity index (χ2n) is 8.37. The van der Waals surface area contributed by atoms with Crippen molar-refractivity contribution in [1.29, 1.82) is 5.26 Å². The zero-order chi connectivity index (χ0) is 21.8. The Morgan fingerprint density at radius 3 is 2.23 bits per heavy atom. The Kier molecular flexibility index (Phi) is 7.24. The Labute approximate surface area is 177 Å². The van der Waals surface area contributed by atoms with Gasteiger partial charge in [-0.15, -0.1) is 0 Å². The minimum atomic E-state index is -1.44. The first-order valence-electron chi connectivity index (χ1n) is 10.2. The van der Waals surface area contributed by atoms with Crippen LogP contribution in [0.25, 0.3) is 0 Å². The zero-order valence-electron chi connectivity index (χ0n) is 17.3. The van der Waals surface area contributed by atoms with Gasteiger partial charge in [-0.2, -0.15) is 5.26 Å². The predicted molar refractivity (Wildman–Crippen MR) is 112 cm³/mol. The highest BCUT2D eigenvalue weighted by atomic mass is 16.5. The monoisotopic (exact) mass is 411 g/mol. The van der Waals surface area contributed by atoms with E-state index in [1.54, 1.807) is 18.2 Å². The molecule has 0 amide bonds. The second kappa shape index (κ2) is 9.69. The van der Waals surface area contributed by atoms with Gasteiger partial charge < -0.3 is 25.2 Å². The third-order valence-corrected chi connectivity index (χ3v) is 5.53. The van der Waals surface area contributed by atoms with Gasteiger partial charge in [0, 0.05) is 0 Å². The van der Waals surface area contributed by atoms with E-state index in [9.17, 15) is 25.7 Å². The first-order chi connectivity index (χ1) is 14.3. The summed E-state index contributed by atoms with van der Waals surface area (Å²) in [5.41, 5.74) is 4.21. The fourth-order valence-corrected chi connectivity index (χ4v) is 3.91. The molecule has 2 aromatic carbocycles. The predicted octanol–water partition coefficient (Wildman–Crippen LogP) is 1.86. The third kappa shape index (κ3) is 4.89. The van der Waals surface area contributed by atoms with Crippen molar-refractivity contribution < 1.29 is 25.2 Å². The molecule has 0 spiro atoms. The van der Waals surface area contributed by atoms with Crippen LogP contribution in [0.2, 0.25) is 0 Å². The van der Waals surface area contributed by atoms with Crippen LogP contribution in [-0.2, 0) is 17.6 Å². The maximum Gasteiger partial charge on any atom is 0.113 e. The second-order valence-corrected chi connectivity index (χ2v) is 8.37. The molecule has 0 saturated carbocycles. The molecule has 0 unspecified atom stereocenters. The number of hydrogen-bond acceptors (Lipinski definition) is 6. The molecule has 0 aliphatic carbocycles. The average molecular weight is 411 g/mol. The van der Waals surface area contributed by atoms with Crippen molar-refractivity contribution in [3.05, 3.63) is 70.3 Å². The highest BCUT2D eigenvalue weighted by Crippen LogP contribution is 2.33. The lowest BCUT2D eigenvalue weighted by Gasteiger charge is -2.40. The molecular formula is C24H29NO5. The summed E-state index contributed by atoms with van der Waals surface area (Å²) in [4.78, 5) is 0. The molecule has 160 valence electrons. The van der Waals surface area contributed by atoms with Crippen LogP contribution in [0, 0.1) is 17.2 Å². The number of aliphatic hydroxyl groups excluding tert-OH is 4. The summed E-state index contributed by atoms with van der Waals surface area (Å²) >= 11 is 0. The van der Waals surface area contributed by atoms with E-state index in [0.29, 0.717) is 23.5 Å². The van der Waals surface area contributed by atoms with Crippen LogP contribution in [0.1, 0.15) is 47.8 Å². The largest absolute Gasteiger partial charge is 0.394 e. The summed E-state index contributed by atoms with van der Waals surface area (Å²) in [6.45, 7) is 3.88. The number of rotatable bonds is 6. The van der Waals surface area contributed by atoms with Crippen LogP contribution in [0.15, 0.2) is 42.5 Å². The van der Waals surface area contributed by atoms with Crippen molar-refractivity contribution in [2.24, 2.45) is 5.92 Å². The summed E-state index contributed by atoms with van der Waals surface area (Å²) < 4.78 is 5.66. The van der Waals surface area contributed by atoms with Crippen LogP contribution in [0.5, 0.6) is 0 Å². The smallest absolute Gasteiger partial charge is 0.113 e. The van der Waals surface area contributed by atoms with Crippen molar-refractivity contribution in [3.63, 3.8) is 0 Å². The van der Waals surface area contributed by atoms with Crippen molar-refractivity contribution >= 4 is 0 Å². The number of aliphatic hydroxyl groups is 4. The lowest BCUT2D eigenvalue weighted by Crippen LogP contribution is -2.55. The summed E-state index contributed by atoms with van der Waals surface area (Å²) in [7, 11) is 0. The van der Waals surface area contributed by atoms with E-state index in [0.717, 1.165) is 17.5 Å². The Bertz CT molecular complexity index is 887. The van der Waals surface area contributed by atoms with E-state index >= 15 is 0 Å². The van der Waals surface area contributed by atoms with Crippen LogP contribution in [0.3, 0.4) is 0 Å². The fraction of sp³-hybridized carbons (Fsp3) is 0.458. The molecule has 3 rings (SSSR count). The highest BCUT2D eigenvalue weighted by Gasteiger charge is 2.44. The number of nitriles is 1. The number of ether oxygens (including phenoxy) is 1. The van der Waals surface area contributed by atoms with Gasteiger partial charge in [0.1, 0.15) is 30.5 Å². The quantitative estimate of drug-likeness (QED) is 0.577. The van der Waals surface area contributed by atoms with Gasteiger partial charge in [-0.05, 0) is 47.1 Å². The van der Waals surface area contributed by atoms with Crippen LogP contribution in [0.4, 0.5) is 0 Å². The van der Waals surface area contributed by atoms with Gasteiger partial charge in [0.2, 0.25) is 0 Å². The number of hydrogen-bond donors (Lipinski definition) is 4. The molecule has 4 N–H and O–H groups in total. The highest BCUT2D eigenvalue weighted by molar-refractivity contribution is 5.44. The molecule has 0 bridgehead atoms. The van der Waals surface area contributed by atoms with Gasteiger partial charge in [0.25, 0.3) is 0 Å². The maximum atomic E-state index is 10.4. The Balaban J connectivity index is 1.86. The number of nitrogens with zero attached hydrogens (tertiary/aromatic N) is 1. The van der Waals surface area contributed by atoms with Crippen LogP contribution >= 0.6 is 0 Å². The summed E-state index contributed by atoms with van der Waals surface area (Å²) in [5.74, 6) is 0.580. The van der Waals surface area contributed by atoms with Gasteiger partial charge in [-0.25, -0.2) is 0 Å². The van der Waals surface area contributed by atoms with E-state index in [4.69, 9.17) is 4.74 Å². The molecule has 6 heteroatoms. The van der Waals surface area contributed by atoms with E-state index < -0.39 is 37.1 Å². The zero-order valence-corrected chi connectivity index (χ0v) is 17.3. The number of benzene rings is 2. The molecule has 5 atom stereocenters. The first kappa shape index (κ1) is 22.4. The van der Waals surface area contributed by atoms with E-state index in [-0.39, 0.29) is 0 Å². The summed E-state index contributed by atoms with van der Waals surface area (Å²) in [5, 5.41) is 49.4. The van der Waals surface area contributed by atoms with Gasteiger partial charge >= 0.3 is 0 Å². The van der Waals surface area contributed by atoms with Crippen LogP contribution in [-0.4, -0.2) is 51.4 Å². The van der Waals surface area contributed by atoms with E-state index in [1.165, 1.54) is 5.56 Å². The molecule has 1 aliphatic heterocycles. The minimum absolute atomic E-state index is 0.479. The Morgan fingerprint density at radius 2 is 1.63 bits per heavy atom. The first-order valence-corrected chi connectivity index (χ1v) is 10.2. The maximum absolute atomic E-state index is 10.4. The van der Waals surface area contributed by atoms with Gasteiger partial charge in [-0.1, -0.05) is 50.2 Å². The van der Waals surface area contributed by atoms with E-state index in [1.807, 2.05) is 0 Å². The third-order valence-electron chi connectivity index (χ3n) is 5.53. The van der Waals surface area contributed by atoms with Gasteiger partial charge in [0.05, 0.1) is 18.2 Å². The molecule has 1 fully saturated rings. The molecular weight excluding hydrogens is 382 g/mol. The lowest BCUT2D eigenvalue weighted by molar-refractivity contribution is -0.231. The van der Waals surface area contributed by atoms with Crippen LogP contribution < -0.4 is 0 Å². The van der Waals surface area contributed by atoms with Gasteiger partial charge in [0.15, 0.2) is 0 Å². The molecule has 0 radical (unpaired) electrons. The van der Waals surface area contributed by atoms with E-state index in [2.05, 4.69) is 44.2 Å². The molecule has 30 heavy (non-hydrogen) atoms. The topological polar surface area (TPSA) is 114 Å². The Morgan fingerprint density at radius 1 is 0.967 bits per heavy atom. The normalized spacial score (nSPS) is 26.5. The molecule has 1 aliphatic rings. The molecule has 2 aromatic rings. The lowest BCUT2D eigenvalue weighted by atomic mass is 9.89. The van der Waals surface area contributed by atoms with Crippen molar-refractivity contribution in [3.8, 4) is 6.07 Å². The summed E-state index contributed by atoms with van der Waals surface area (Å²) in [6, 6.07) is 15.6. The van der Waals surface area contributed by atoms with Crippen molar-refractivity contribution in [2.75, 3.05) is 6.61 Å². The Hall–Kier alpha value is -2.27. The SMILES string of the molecule is CC(C)Cc1ccc(Cc2cc([C@@H]3O[C@H](CO)[C@@H](O)[C@H](O)[C@H]3O)ccc2C#N)cc1. The van der Waals surface area contributed by atoms with Gasteiger partial charge in [-0.3, -0.25) is 0 Å². The minimum Gasteiger partial charge on any atom is -0.394 e. The average Bonchev–Trinajstić information content (AvgIpc) is 2.73. The molecule has 1 saturated heterocycles. The standard InChI is InChI=1S/C24H29NO5/c1-14(2)9-15-3-5-16(6-4-15)10-19-11-17(7-8-18(19)12-25)24-23(29)22(28)21(27)20(13-26)30-24/h3-8,11,14,20-24,26-29H,9-10,13H2,1-2H3/t20-,21-,22+,23-,24+/m1/s1. The van der Waals surface area contributed by atoms with Crippen molar-refractivity contribution in [2.45, 2.75) is 57.2 Å². The van der Waals surface area contributed by atoms with Crippen molar-refractivity contribution in [1.82, 2.24) is 0 Å². The summed E-state index contributed by atoms with van der Waals surface area (Å²) in [6.07, 6.45) is -4.52. The molecule has 6 nitrogen and oxygen atoms in total. The molecule has 1 heterocycles. The fourth-order valence-electron chi connectivity index (χ4n) is 3.91. The molecule has 0 aromatic heterocycles.